The molecular formula is C8H9NOS. The summed E-state index contributed by atoms with van der Waals surface area (Å²) in [6.07, 6.45) is 0. The van der Waals surface area contributed by atoms with Gasteiger partial charge < -0.3 is 5.32 Å². The molecule has 1 aromatic heterocycles. The third-order valence-electron chi connectivity index (χ3n) is 1.17. The van der Waals surface area contributed by atoms with Gasteiger partial charge in [0, 0.05) is 11.0 Å². The summed E-state index contributed by atoms with van der Waals surface area (Å²) < 4.78 is 0. The summed E-state index contributed by atoms with van der Waals surface area (Å²) in [6, 6.07) is 1.85. The van der Waals surface area contributed by atoms with Crippen LogP contribution in [0.2, 0.25) is 0 Å². The van der Waals surface area contributed by atoms with Crippen LogP contribution in [-0.2, 0) is 4.79 Å². The van der Waals surface area contributed by atoms with Crippen molar-refractivity contribution in [3.8, 4) is 0 Å². The Bertz CT molecular complexity index is 264. The molecular weight excluding hydrogens is 158 g/mol. The van der Waals surface area contributed by atoms with Crippen LogP contribution < -0.4 is 5.32 Å². The van der Waals surface area contributed by atoms with Gasteiger partial charge in [-0.25, -0.2) is 0 Å². The molecule has 0 aliphatic heterocycles. The van der Waals surface area contributed by atoms with Crippen LogP contribution in [0.25, 0.3) is 0 Å². The number of nitrogens with one attached hydrogen (secondary N) is 1. The number of rotatable bonds is 2. The average molecular weight is 167 g/mol. The summed E-state index contributed by atoms with van der Waals surface area (Å²) in [4.78, 5) is 11.0. The van der Waals surface area contributed by atoms with E-state index in [0.717, 1.165) is 5.69 Å². The summed E-state index contributed by atoms with van der Waals surface area (Å²) >= 11 is 1.55. The van der Waals surface area contributed by atoms with Gasteiger partial charge in [-0.15, -0.1) is 0 Å². The Labute approximate surface area is 69.6 Å². The molecule has 11 heavy (non-hydrogen) atoms. The van der Waals surface area contributed by atoms with Crippen LogP contribution in [0, 0.1) is 0 Å². The average Bonchev–Trinajstić information content (AvgIpc) is 2.39. The molecule has 1 amide bonds. The van der Waals surface area contributed by atoms with E-state index in [1.807, 2.05) is 16.8 Å². The molecule has 0 saturated carbocycles. The number of hydrogen-bond donors (Lipinski definition) is 1. The van der Waals surface area contributed by atoms with Gasteiger partial charge in [0.05, 0.1) is 5.69 Å². The molecule has 0 atom stereocenters. The van der Waals surface area contributed by atoms with E-state index in [1.54, 1.807) is 18.3 Å². The van der Waals surface area contributed by atoms with E-state index in [9.17, 15) is 4.79 Å². The van der Waals surface area contributed by atoms with Crippen LogP contribution in [0.4, 0.5) is 5.69 Å². The molecule has 0 aliphatic rings. The molecule has 3 heteroatoms. The molecule has 0 radical (unpaired) electrons. The Hall–Kier alpha value is -1.09. The highest BCUT2D eigenvalue weighted by Crippen LogP contribution is 2.12. The second kappa shape index (κ2) is 3.34. The molecule has 2 nitrogen and oxygen atoms in total. The zero-order chi connectivity index (χ0) is 8.27. The minimum absolute atomic E-state index is 0.122. The van der Waals surface area contributed by atoms with Gasteiger partial charge in [0.1, 0.15) is 0 Å². The number of hydrogen-bond acceptors (Lipinski definition) is 2. The van der Waals surface area contributed by atoms with Gasteiger partial charge in [0.2, 0.25) is 0 Å². The normalized spacial score (nSPS) is 9.18. The lowest BCUT2D eigenvalue weighted by atomic mass is 10.3. The van der Waals surface area contributed by atoms with Gasteiger partial charge in [0.15, 0.2) is 0 Å². The Kier molecular flexibility index (Phi) is 2.44. The van der Waals surface area contributed by atoms with E-state index in [0.29, 0.717) is 5.57 Å². The monoisotopic (exact) mass is 167 g/mol. The fourth-order valence-corrected chi connectivity index (χ4v) is 1.16. The molecule has 0 unspecified atom stereocenters. The predicted octanol–water partition coefficient (Wildman–Crippen LogP) is 2.26. The number of amides is 1. The Morgan fingerprint density at radius 3 is 2.91 bits per heavy atom. The largest absolute Gasteiger partial charge is 0.322 e. The first-order chi connectivity index (χ1) is 5.20. The second-order valence-corrected chi connectivity index (χ2v) is 3.03. The molecule has 1 aromatic rings. The molecule has 1 heterocycles. The van der Waals surface area contributed by atoms with Gasteiger partial charge >= 0.3 is 0 Å². The van der Waals surface area contributed by atoms with Crippen molar-refractivity contribution >= 4 is 22.9 Å². The minimum Gasteiger partial charge on any atom is -0.322 e. The van der Waals surface area contributed by atoms with Gasteiger partial charge in [-0.05, 0) is 18.4 Å². The van der Waals surface area contributed by atoms with E-state index in [2.05, 4.69) is 11.9 Å². The molecule has 0 fully saturated rings. The van der Waals surface area contributed by atoms with Crippen molar-refractivity contribution in [1.29, 1.82) is 0 Å². The molecule has 0 bridgehead atoms. The predicted molar refractivity (Wildman–Crippen MR) is 47.8 cm³/mol. The maximum Gasteiger partial charge on any atom is 0.250 e. The molecule has 0 spiro atoms. The first kappa shape index (κ1) is 8.01. The SMILES string of the molecule is C=C(C)C(=O)Nc1ccsc1. The lowest BCUT2D eigenvalue weighted by molar-refractivity contribution is -0.112. The third-order valence-corrected chi connectivity index (χ3v) is 1.85. The smallest absolute Gasteiger partial charge is 0.250 e. The van der Waals surface area contributed by atoms with Gasteiger partial charge in [-0.1, -0.05) is 6.58 Å². The second-order valence-electron chi connectivity index (χ2n) is 2.25. The summed E-state index contributed by atoms with van der Waals surface area (Å²) in [5.41, 5.74) is 1.36. The van der Waals surface area contributed by atoms with E-state index in [1.165, 1.54) is 0 Å². The van der Waals surface area contributed by atoms with Crippen molar-refractivity contribution in [1.82, 2.24) is 0 Å². The summed E-state index contributed by atoms with van der Waals surface area (Å²) in [6.45, 7) is 5.21. The highest BCUT2D eigenvalue weighted by atomic mass is 32.1. The van der Waals surface area contributed by atoms with Crippen molar-refractivity contribution in [2.75, 3.05) is 5.32 Å². The van der Waals surface area contributed by atoms with Gasteiger partial charge in [-0.3, -0.25) is 4.79 Å². The van der Waals surface area contributed by atoms with Crippen molar-refractivity contribution < 1.29 is 4.79 Å². The van der Waals surface area contributed by atoms with Crippen LogP contribution >= 0.6 is 11.3 Å². The van der Waals surface area contributed by atoms with Crippen LogP contribution in [0.5, 0.6) is 0 Å². The van der Waals surface area contributed by atoms with Crippen LogP contribution in [0.15, 0.2) is 29.0 Å². The summed E-state index contributed by atoms with van der Waals surface area (Å²) in [7, 11) is 0. The summed E-state index contributed by atoms with van der Waals surface area (Å²) in [5.74, 6) is -0.122. The zero-order valence-electron chi connectivity index (χ0n) is 6.26. The van der Waals surface area contributed by atoms with Gasteiger partial charge in [-0.2, -0.15) is 11.3 Å². The van der Waals surface area contributed by atoms with Gasteiger partial charge in [0.25, 0.3) is 5.91 Å². The van der Waals surface area contributed by atoms with E-state index in [-0.39, 0.29) is 5.91 Å². The Morgan fingerprint density at radius 1 is 1.73 bits per heavy atom. The lowest BCUT2D eigenvalue weighted by Gasteiger charge is -1.99. The minimum atomic E-state index is -0.122. The van der Waals surface area contributed by atoms with Crippen LogP contribution in [-0.4, -0.2) is 5.91 Å². The highest BCUT2D eigenvalue weighted by Gasteiger charge is 2.00. The standard InChI is InChI=1S/C8H9NOS/c1-6(2)8(10)9-7-3-4-11-5-7/h3-5H,1H2,2H3,(H,9,10). The topological polar surface area (TPSA) is 29.1 Å². The lowest BCUT2D eigenvalue weighted by Crippen LogP contribution is -2.10. The Morgan fingerprint density at radius 2 is 2.45 bits per heavy atom. The fraction of sp³-hybridized carbons (Fsp3) is 0.125. The maximum absolute atomic E-state index is 11.0. The molecule has 1 N–H and O–H groups in total. The van der Waals surface area contributed by atoms with E-state index < -0.39 is 0 Å². The fourth-order valence-electron chi connectivity index (χ4n) is 0.573. The van der Waals surface area contributed by atoms with Crippen molar-refractivity contribution in [2.24, 2.45) is 0 Å². The molecule has 0 saturated heterocycles. The van der Waals surface area contributed by atoms with Crippen molar-refractivity contribution in [3.05, 3.63) is 29.0 Å². The number of anilines is 1. The number of carbonyl (C=O) groups is 1. The maximum atomic E-state index is 11.0. The van der Waals surface area contributed by atoms with Crippen LogP contribution in [0.3, 0.4) is 0 Å². The van der Waals surface area contributed by atoms with Crippen molar-refractivity contribution in [3.63, 3.8) is 0 Å². The van der Waals surface area contributed by atoms with Crippen LogP contribution in [0.1, 0.15) is 6.92 Å². The molecule has 58 valence electrons. The zero-order valence-corrected chi connectivity index (χ0v) is 7.07. The molecule has 1 rings (SSSR count). The third kappa shape index (κ3) is 2.20. The van der Waals surface area contributed by atoms with Crippen molar-refractivity contribution in [2.45, 2.75) is 6.92 Å². The number of carbonyl (C=O) groups excluding carboxylic acids is 1. The van der Waals surface area contributed by atoms with E-state index in [4.69, 9.17) is 0 Å². The quantitative estimate of drug-likeness (QED) is 0.672. The summed E-state index contributed by atoms with van der Waals surface area (Å²) in [5, 5.41) is 6.48. The highest BCUT2D eigenvalue weighted by molar-refractivity contribution is 7.08. The van der Waals surface area contributed by atoms with E-state index >= 15 is 0 Å². The number of thiophene rings is 1. The first-order valence-corrected chi connectivity index (χ1v) is 4.13. The molecule has 0 aliphatic carbocycles. The Balaban J connectivity index is 2.57. The molecule has 0 aromatic carbocycles. The first-order valence-electron chi connectivity index (χ1n) is 3.19.